The van der Waals surface area contributed by atoms with Crippen LogP contribution in [0.3, 0.4) is 0 Å². The fraction of sp³-hybridized carbons (Fsp3) is 0.833. The molecule has 2 fully saturated rings. The van der Waals surface area contributed by atoms with Gasteiger partial charge in [0.2, 0.25) is 0 Å². The molecule has 24 heavy (non-hydrogen) atoms. The van der Waals surface area contributed by atoms with Crippen LogP contribution in [0.5, 0.6) is 0 Å². The van der Waals surface area contributed by atoms with Gasteiger partial charge in [-0.05, 0) is 12.8 Å². The van der Waals surface area contributed by atoms with Gasteiger partial charge in [0, 0.05) is 51.8 Å². The van der Waals surface area contributed by atoms with Crippen LogP contribution in [0.25, 0.3) is 0 Å². The molecule has 3 nitrogen and oxygen atoms in total. The van der Waals surface area contributed by atoms with Crippen molar-refractivity contribution in [1.29, 1.82) is 0 Å². The fourth-order valence-corrected chi connectivity index (χ4v) is 5.99. The van der Waals surface area contributed by atoms with Crippen molar-refractivity contribution in [1.82, 2.24) is 10.5 Å². The number of aromatic nitrogens is 2. The summed E-state index contributed by atoms with van der Waals surface area (Å²) in [4.78, 5) is 0. The average molecular weight is 738 g/mol. The molecular weight excluding hydrogens is 707 g/mol. The molecule has 0 atom stereocenters. The molecule has 1 aromatic heterocycles. The molecule has 142 valence electrons. The molecule has 0 unspecified atom stereocenters. The quantitative estimate of drug-likeness (QED) is 0.194. The third kappa shape index (κ3) is 6.49. The van der Waals surface area contributed by atoms with Gasteiger partial charge in [-0.15, -0.1) is 0 Å². The number of imidazole rings is 1. The van der Waals surface area contributed by atoms with Crippen molar-refractivity contribution in [3.05, 3.63) is 15.7 Å². The van der Waals surface area contributed by atoms with Gasteiger partial charge in [-0.2, -0.15) is 1.33 Å². The summed E-state index contributed by atoms with van der Waals surface area (Å²) < 4.78 is 8.43. The maximum atomic E-state index is 2.51. The molecule has 0 radical (unpaired) electrons. The third-order valence-electron chi connectivity index (χ3n) is 5.25. The number of halogens is 2. The monoisotopic (exact) mass is 738 g/mol. The molecule has 2 aliphatic rings. The van der Waals surface area contributed by atoms with Crippen LogP contribution in [0.4, 0.5) is 0 Å². The normalized spacial score (nSPS) is 20.6. The zero-order valence-electron chi connectivity index (χ0n) is 14.9. The molecule has 0 aromatic carbocycles. The van der Waals surface area contributed by atoms with Gasteiger partial charge < -0.3 is 0 Å². The summed E-state index contributed by atoms with van der Waals surface area (Å²) >= 11 is 7.23. The molecule has 3 rings (SSSR count). The molecule has 1 heterocycles. The molecule has 0 amide bonds. The molecule has 0 aliphatic heterocycles. The van der Waals surface area contributed by atoms with Gasteiger partial charge in [-0.25, -0.2) is 0 Å². The summed E-state index contributed by atoms with van der Waals surface area (Å²) in [6, 6.07) is 1.61. The van der Waals surface area contributed by atoms with Crippen LogP contribution < -0.4 is 0 Å². The predicted molar refractivity (Wildman–Crippen MR) is 115 cm³/mol. The van der Waals surface area contributed by atoms with Crippen molar-refractivity contribution < 1.29 is 19.4 Å². The Morgan fingerprint density at radius 1 is 0.958 bits per heavy atom. The second kappa shape index (κ2) is 11.2. The zero-order chi connectivity index (χ0) is 17.5. The number of aryl methyl sites for hydroxylation is 2. The molecule has 0 saturated heterocycles. The number of nitrogens with zero attached hydrogens (tertiary/aromatic N) is 3. The molecule has 6 heteroatoms. The van der Waals surface area contributed by atoms with Crippen molar-refractivity contribution in [3.8, 4) is 0 Å². The Balaban J connectivity index is 0.000000185. The standard InChI is InChI=1S/C11H18N2.C7H13I2N.Pt/c1-10-8-12(2)9-13(10)11-6-4-3-5-7-11;8-10(9)7-5-3-1-2-4-6-7;/h8,11H,3-7H2,1-2H3;7H,1-6H2;. The maximum absolute atomic E-state index is 2.51. The number of hydrogen-bond acceptors (Lipinski definition) is 1. The van der Waals surface area contributed by atoms with E-state index >= 15 is 0 Å². The summed E-state index contributed by atoms with van der Waals surface area (Å²) in [6.45, 7) is 2.22. The van der Waals surface area contributed by atoms with E-state index in [0.29, 0.717) is 0 Å². The van der Waals surface area contributed by atoms with Crippen LogP contribution in [0.2, 0.25) is 0 Å². The smallest absolute Gasteiger partial charge is 0.0311 e. The first-order valence-electron chi connectivity index (χ1n) is 9.31. The van der Waals surface area contributed by atoms with E-state index in [1.807, 2.05) is 0 Å². The average Bonchev–Trinajstić information content (AvgIpc) is 2.78. The first-order chi connectivity index (χ1) is 11.5. The van der Waals surface area contributed by atoms with Gasteiger partial charge in [0.05, 0.1) is 0 Å². The SMILES string of the molecule is Cc1cn(C)[c](=[Pt])n1C1CCCCC1.IN(I)C1CCCCCC1. The molecule has 0 bridgehead atoms. The minimum absolute atomic E-state index is 0.762. The molecule has 2 aliphatic carbocycles. The summed E-state index contributed by atoms with van der Waals surface area (Å²) in [7, 11) is 2.13. The van der Waals surface area contributed by atoms with Gasteiger partial charge in [-0.3, -0.25) is 0 Å². The Kier molecular flexibility index (Phi) is 10.1. The predicted octanol–water partition coefficient (Wildman–Crippen LogP) is 6.43. The first-order valence-corrected chi connectivity index (χ1v) is 12.4. The van der Waals surface area contributed by atoms with E-state index in [1.165, 1.54) is 80.1 Å². The summed E-state index contributed by atoms with van der Waals surface area (Å²) in [6.07, 6.45) is 17.8. The first kappa shape index (κ1) is 21.6. The molecule has 1 aromatic rings. The Hall–Kier alpha value is 1.32. The van der Waals surface area contributed by atoms with Crippen LogP contribution >= 0.6 is 45.7 Å². The Morgan fingerprint density at radius 3 is 1.92 bits per heavy atom. The summed E-state index contributed by atoms with van der Waals surface area (Å²) in [5.74, 6) is 0. The largest absolute Gasteiger partial charge is 0.185 e. The second-order valence-electron chi connectivity index (χ2n) is 7.19. The topological polar surface area (TPSA) is 13.1 Å². The zero-order valence-corrected chi connectivity index (χ0v) is 21.5. The van der Waals surface area contributed by atoms with Crippen molar-refractivity contribution >= 4 is 45.7 Å². The Morgan fingerprint density at radius 2 is 1.46 bits per heavy atom. The minimum Gasteiger partial charge on any atom is -0.185 e. The van der Waals surface area contributed by atoms with Crippen LogP contribution in [-0.4, -0.2) is 16.5 Å². The van der Waals surface area contributed by atoms with E-state index in [-0.39, 0.29) is 0 Å². The summed E-state index contributed by atoms with van der Waals surface area (Å²) in [5, 5.41) is 0. The molecule has 0 spiro atoms. The van der Waals surface area contributed by atoms with Crippen LogP contribution in [0.15, 0.2) is 6.20 Å². The fourth-order valence-electron chi connectivity index (χ4n) is 3.92. The van der Waals surface area contributed by atoms with E-state index in [0.717, 1.165) is 12.1 Å². The van der Waals surface area contributed by atoms with Crippen LogP contribution in [-0.2, 0) is 26.4 Å². The van der Waals surface area contributed by atoms with Crippen molar-refractivity contribution in [2.24, 2.45) is 7.05 Å². The van der Waals surface area contributed by atoms with E-state index in [2.05, 4.69) is 95.7 Å². The van der Waals surface area contributed by atoms with Gasteiger partial charge in [0.15, 0.2) is 0 Å². The third-order valence-corrected chi connectivity index (χ3v) is 8.18. The number of hydrogen-bond donors (Lipinski definition) is 0. The van der Waals surface area contributed by atoms with Crippen LogP contribution in [0, 0.1) is 10.7 Å². The molecular formula is C18H31I2N3Pt. The van der Waals surface area contributed by atoms with Crippen molar-refractivity contribution in [2.75, 3.05) is 0 Å². The molecule has 2 saturated carbocycles. The second-order valence-corrected chi connectivity index (χ2v) is 12.1. The van der Waals surface area contributed by atoms with Gasteiger partial charge >= 0.3 is 96.3 Å². The van der Waals surface area contributed by atoms with Crippen molar-refractivity contribution in [3.63, 3.8) is 0 Å². The van der Waals surface area contributed by atoms with E-state index < -0.39 is 0 Å². The van der Waals surface area contributed by atoms with E-state index in [4.69, 9.17) is 0 Å². The Labute approximate surface area is 186 Å². The van der Waals surface area contributed by atoms with Gasteiger partial charge in [-0.1, -0.05) is 25.7 Å². The van der Waals surface area contributed by atoms with Crippen molar-refractivity contribution in [2.45, 2.75) is 89.6 Å². The van der Waals surface area contributed by atoms with Crippen LogP contribution in [0.1, 0.15) is 82.4 Å². The van der Waals surface area contributed by atoms with E-state index in [9.17, 15) is 0 Å². The minimum atomic E-state index is 0.762. The van der Waals surface area contributed by atoms with E-state index in [1.54, 1.807) is 0 Å². The molecule has 0 N–H and O–H groups in total. The maximum Gasteiger partial charge on any atom is 0.0311 e. The Bertz CT molecular complexity index is 539. The number of rotatable bonds is 2. The van der Waals surface area contributed by atoms with Gasteiger partial charge in [0.1, 0.15) is 0 Å². The summed E-state index contributed by atoms with van der Waals surface area (Å²) in [5.41, 5.74) is 1.41. The van der Waals surface area contributed by atoms with Gasteiger partial charge in [0.25, 0.3) is 0 Å².